The van der Waals surface area contributed by atoms with Crippen LogP contribution in [0.25, 0.3) is 6.08 Å². The summed E-state index contributed by atoms with van der Waals surface area (Å²) in [6, 6.07) is 7.33. The molecule has 1 N–H and O–H groups in total. The molecule has 1 aliphatic heterocycles. The molecule has 1 saturated heterocycles. The molecule has 3 amide bonds. The molecule has 0 saturated carbocycles. The number of nitrogens with one attached hydrogen (secondary N) is 1. The van der Waals surface area contributed by atoms with E-state index < -0.39 is 23.7 Å². The molecule has 1 aliphatic rings. The maximum absolute atomic E-state index is 12.5. The van der Waals surface area contributed by atoms with Gasteiger partial charge in [-0.25, -0.2) is 0 Å². The molecule has 3 rings (SSSR count). The van der Waals surface area contributed by atoms with Crippen molar-refractivity contribution in [3.8, 4) is 5.75 Å². The number of nitrogens with zero attached hydrogens (tertiary/aromatic N) is 1. The molecule has 10 heteroatoms. The first-order chi connectivity index (χ1) is 13.8. The van der Waals surface area contributed by atoms with Gasteiger partial charge >= 0.3 is 6.61 Å². The number of thioether (sulfide) groups is 1. The van der Waals surface area contributed by atoms with Gasteiger partial charge in [0.25, 0.3) is 17.1 Å². The number of hydrogen-bond acceptors (Lipinski definition) is 6. The van der Waals surface area contributed by atoms with Crippen LogP contribution >= 0.6 is 11.8 Å². The maximum atomic E-state index is 12.5. The molecular formula is C19H16F2N2O5S. The van der Waals surface area contributed by atoms with Gasteiger partial charge in [0.1, 0.15) is 5.75 Å². The SMILES string of the molecule is Cc1ccoc1C(=O)NCCN1C(=O)S/C(=C\c2ccc(OC(F)F)cc2)C1=O. The van der Waals surface area contributed by atoms with E-state index in [4.69, 9.17) is 4.42 Å². The number of rotatable bonds is 7. The summed E-state index contributed by atoms with van der Waals surface area (Å²) in [6.07, 6.45) is 2.89. The van der Waals surface area contributed by atoms with Gasteiger partial charge < -0.3 is 14.5 Å². The number of halogens is 2. The van der Waals surface area contributed by atoms with Crippen molar-refractivity contribution in [2.75, 3.05) is 13.1 Å². The van der Waals surface area contributed by atoms with Crippen LogP contribution in [0.1, 0.15) is 21.7 Å². The van der Waals surface area contributed by atoms with Gasteiger partial charge in [0.2, 0.25) is 0 Å². The molecule has 1 aromatic carbocycles. The second-order valence-electron chi connectivity index (χ2n) is 5.97. The molecule has 1 aromatic heterocycles. The van der Waals surface area contributed by atoms with E-state index in [2.05, 4.69) is 10.1 Å². The van der Waals surface area contributed by atoms with E-state index >= 15 is 0 Å². The van der Waals surface area contributed by atoms with Crippen molar-refractivity contribution in [2.45, 2.75) is 13.5 Å². The Hall–Kier alpha value is -3.14. The van der Waals surface area contributed by atoms with E-state index in [0.717, 1.165) is 16.7 Å². The number of amides is 3. The third-order valence-corrected chi connectivity index (χ3v) is 4.87. The van der Waals surface area contributed by atoms with E-state index in [1.54, 1.807) is 13.0 Å². The van der Waals surface area contributed by atoms with E-state index in [1.165, 1.54) is 36.6 Å². The lowest BCUT2D eigenvalue weighted by atomic mass is 10.2. The van der Waals surface area contributed by atoms with E-state index in [1.807, 2.05) is 0 Å². The second-order valence-corrected chi connectivity index (χ2v) is 6.96. The Labute approximate surface area is 168 Å². The highest BCUT2D eigenvalue weighted by molar-refractivity contribution is 8.18. The van der Waals surface area contributed by atoms with Crippen molar-refractivity contribution in [1.29, 1.82) is 0 Å². The summed E-state index contributed by atoms with van der Waals surface area (Å²) in [5.74, 6) is -0.747. The van der Waals surface area contributed by atoms with Crippen molar-refractivity contribution < 1.29 is 32.3 Å². The molecule has 0 unspecified atom stereocenters. The minimum atomic E-state index is -2.92. The first-order valence-corrected chi connectivity index (χ1v) is 9.29. The molecule has 2 aromatic rings. The smallest absolute Gasteiger partial charge is 0.387 e. The zero-order valence-electron chi connectivity index (χ0n) is 15.2. The lowest BCUT2D eigenvalue weighted by Gasteiger charge is -2.12. The van der Waals surface area contributed by atoms with Gasteiger partial charge in [0, 0.05) is 18.7 Å². The van der Waals surface area contributed by atoms with Crippen LogP contribution in [0.5, 0.6) is 5.75 Å². The summed E-state index contributed by atoms with van der Waals surface area (Å²) in [5.41, 5.74) is 1.24. The number of alkyl halides is 2. The Balaban J connectivity index is 1.58. The Morgan fingerprint density at radius 1 is 1.28 bits per heavy atom. The van der Waals surface area contributed by atoms with Gasteiger partial charge in [-0.05, 0) is 48.5 Å². The molecule has 2 heterocycles. The number of furan rings is 1. The summed E-state index contributed by atoms with van der Waals surface area (Å²) in [5, 5.41) is 2.14. The molecule has 0 bridgehead atoms. The number of carbonyl (C=O) groups is 3. The Bertz CT molecular complexity index is 956. The Kier molecular flexibility index (Phi) is 6.32. The molecule has 7 nitrogen and oxygen atoms in total. The number of aryl methyl sites for hydroxylation is 1. The van der Waals surface area contributed by atoms with Crippen LogP contribution in [0.4, 0.5) is 13.6 Å². The minimum absolute atomic E-state index is 0.00668. The van der Waals surface area contributed by atoms with Crippen LogP contribution in [0, 0.1) is 6.92 Å². The molecule has 29 heavy (non-hydrogen) atoms. The van der Waals surface area contributed by atoms with Crippen LogP contribution < -0.4 is 10.1 Å². The van der Waals surface area contributed by atoms with Gasteiger partial charge in [-0.3, -0.25) is 19.3 Å². The van der Waals surface area contributed by atoms with Gasteiger partial charge in [-0.15, -0.1) is 0 Å². The van der Waals surface area contributed by atoms with Gasteiger partial charge in [-0.2, -0.15) is 8.78 Å². The molecule has 152 valence electrons. The molecular weight excluding hydrogens is 406 g/mol. The summed E-state index contributed by atoms with van der Waals surface area (Å²) in [4.78, 5) is 37.8. The van der Waals surface area contributed by atoms with Crippen LogP contribution in [-0.4, -0.2) is 41.7 Å². The highest BCUT2D eigenvalue weighted by Crippen LogP contribution is 2.32. The van der Waals surface area contributed by atoms with Crippen molar-refractivity contribution in [1.82, 2.24) is 10.2 Å². The molecule has 0 radical (unpaired) electrons. The van der Waals surface area contributed by atoms with E-state index in [-0.39, 0.29) is 29.5 Å². The zero-order chi connectivity index (χ0) is 21.0. The quantitative estimate of drug-likeness (QED) is 0.685. The monoisotopic (exact) mass is 422 g/mol. The molecule has 0 spiro atoms. The maximum Gasteiger partial charge on any atom is 0.387 e. The summed E-state index contributed by atoms with van der Waals surface area (Å²) in [7, 11) is 0. The van der Waals surface area contributed by atoms with Crippen molar-refractivity contribution >= 4 is 34.9 Å². The summed E-state index contributed by atoms with van der Waals surface area (Å²) >= 11 is 0.767. The van der Waals surface area contributed by atoms with E-state index in [0.29, 0.717) is 11.1 Å². The van der Waals surface area contributed by atoms with Crippen molar-refractivity contribution in [3.63, 3.8) is 0 Å². The van der Waals surface area contributed by atoms with E-state index in [9.17, 15) is 23.2 Å². The normalized spacial score (nSPS) is 15.4. The highest BCUT2D eigenvalue weighted by Gasteiger charge is 2.34. The fourth-order valence-electron chi connectivity index (χ4n) is 2.56. The zero-order valence-corrected chi connectivity index (χ0v) is 16.0. The Morgan fingerprint density at radius 3 is 2.62 bits per heavy atom. The number of imide groups is 1. The number of benzene rings is 1. The van der Waals surface area contributed by atoms with Gasteiger partial charge in [0.15, 0.2) is 5.76 Å². The summed E-state index contributed by atoms with van der Waals surface area (Å²) in [6.45, 7) is -1.11. The summed E-state index contributed by atoms with van der Waals surface area (Å²) < 4.78 is 33.7. The predicted molar refractivity (Wildman–Crippen MR) is 102 cm³/mol. The minimum Gasteiger partial charge on any atom is -0.459 e. The molecule has 0 aliphatic carbocycles. The Morgan fingerprint density at radius 2 is 2.00 bits per heavy atom. The number of ether oxygens (including phenoxy) is 1. The third-order valence-electron chi connectivity index (χ3n) is 3.97. The number of hydrogen-bond donors (Lipinski definition) is 1. The second kappa shape index (κ2) is 8.91. The average molecular weight is 422 g/mol. The van der Waals surface area contributed by atoms with Crippen LogP contribution in [0.2, 0.25) is 0 Å². The van der Waals surface area contributed by atoms with Gasteiger partial charge in [0.05, 0.1) is 11.2 Å². The molecule has 0 atom stereocenters. The van der Waals surface area contributed by atoms with Crippen LogP contribution in [0.15, 0.2) is 45.9 Å². The number of carbonyl (C=O) groups excluding carboxylic acids is 3. The fraction of sp³-hybridized carbons (Fsp3) is 0.211. The fourth-order valence-corrected chi connectivity index (χ4v) is 3.42. The van der Waals surface area contributed by atoms with Crippen LogP contribution in [-0.2, 0) is 4.79 Å². The van der Waals surface area contributed by atoms with Gasteiger partial charge in [-0.1, -0.05) is 12.1 Å². The third kappa shape index (κ3) is 5.02. The van der Waals surface area contributed by atoms with Crippen molar-refractivity contribution in [3.05, 3.63) is 58.4 Å². The first kappa shape index (κ1) is 20.6. The topological polar surface area (TPSA) is 88.8 Å². The highest BCUT2D eigenvalue weighted by atomic mass is 32.2. The lowest BCUT2D eigenvalue weighted by Crippen LogP contribution is -2.37. The predicted octanol–water partition coefficient (Wildman–Crippen LogP) is 3.66. The lowest BCUT2D eigenvalue weighted by molar-refractivity contribution is -0.122. The largest absolute Gasteiger partial charge is 0.459 e. The molecule has 1 fully saturated rings. The van der Waals surface area contributed by atoms with Crippen molar-refractivity contribution in [2.24, 2.45) is 0 Å². The first-order valence-electron chi connectivity index (χ1n) is 8.47. The standard InChI is InChI=1S/C19H16F2N2O5S/c1-11-6-9-27-15(11)16(24)22-7-8-23-17(25)14(29-19(23)26)10-12-2-4-13(5-3-12)28-18(20)21/h2-6,9-10,18H,7-8H2,1H3,(H,22,24)/b14-10-. The van der Waals surface area contributed by atoms with Crippen LogP contribution in [0.3, 0.4) is 0 Å². The average Bonchev–Trinajstić information content (AvgIpc) is 3.21.